The van der Waals surface area contributed by atoms with E-state index in [1.807, 2.05) is 0 Å². The number of hydrogen-bond donors (Lipinski definition) is 7. The third-order valence-electron chi connectivity index (χ3n) is 16.6. The highest BCUT2D eigenvalue weighted by Crippen LogP contribution is 2.66. The summed E-state index contributed by atoms with van der Waals surface area (Å²) in [6, 6.07) is 13.4. The predicted molar refractivity (Wildman–Crippen MR) is 327 cm³/mol. The molecule has 1 saturated heterocycles. The number of esters is 1. The van der Waals surface area contributed by atoms with Crippen molar-refractivity contribution >= 4 is 69.4 Å². The number of aromatic carboxylic acids is 1. The number of nitrogens with one attached hydrogen (secondary N) is 1. The molecule has 0 radical (unpaired) electrons. The fourth-order valence-corrected chi connectivity index (χ4v) is 16.0. The van der Waals surface area contributed by atoms with Crippen molar-refractivity contribution in [3.8, 4) is 29.1 Å². The van der Waals surface area contributed by atoms with Crippen molar-refractivity contribution in [2.45, 2.75) is 82.8 Å². The molecule has 0 aliphatic carbocycles. The van der Waals surface area contributed by atoms with Crippen molar-refractivity contribution in [3.05, 3.63) is 154 Å². The molecule has 2 aromatic heterocycles. The minimum absolute atomic E-state index is 0.0108. The second-order valence-corrected chi connectivity index (χ2v) is 26.7. The number of carbonyl (C=O) groups excluding carboxylic acids is 2. The van der Waals surface area contributed by atoms with Gasteiger partial charge in [0, 0.05) is 87.1 Å². The van der Waals surface area contributed by atoms with Crippen LogP contribution in [0.2, 0.25) is 0 Å². The highest BCUT2D eigenvalue weighted by molar-refractivity contribution is 7.66. The summed E-state index contributed by atoms with van der Waals surface area (Å²) >= 11 is 0. The molecule has 1 amide bonds. The van der Waals surface area contributed by atoms with Crippen LogP contribution in [0.1, 0.15) is 114 Å². The number of carbonyl (C=O) groups is 3. The fraction of sp³-hybridized carbons (Fsp3) is 0.379. The molecule has 0 spiro atoms. The lowest BCUT2D eigenvalue weighted by Crippen LogP contribution is -2.45. The zero-order chi connectivity index (χ0) is 65.3. The van der Waals surface area contributed by atoms with Crippen molar-refractivity contribution in [1.82, 2.24) is 24.4 Å². The summed E-state index contributed by atoms with van der Waals surface area (Å²) < 4.78 is 82.2. The first-order valence-corrected chi connectivity index (χ1v) is 33.9. The molecule has 5 atom stereocenters. The van der Waals surface area contributed by atoms with Gasteiger partial charge in [0.25, 0.3) is 5.91 Å². The Kier molecular flexibility index (Phi) is 18.5. The number of nitrogens with zero attached hydrogens (tertiary/aromatic N) is 11. The summed E-state index contributed by atoms with van der Waals surface area (Å²) in [6.45, 7) is 1.62. The van der Waals surface area contributed by atoms with Crippen LogP contribution in [0, 0.1) is 11.8 Å². The number of aromatic nitrogens is 3. The lowest BCUT2D eigenvalue weighted by Gasteiger charge is -2.39. The maximum Gasteiger partial charge on any atom is 0.490 e. The van der Waals surface area contributed by atoms with Gasteiger partial charge in [-0.05, 0) is 115 Å². The van der Waals surface area contributed by atoms with E-state index in [2.05, 4.69) is 77.4 Å². The Morgan fingerprint density at radius 2 is 1.63 bits per heavy atom. The molecular weight excluding hydrogens is 1280 g/mol. The molecule has 6 aliphatic rings. The number of phosphoric acid groups is 3. The Morgan fingerprint density at radius 3 is 2.42 bits per heavy atom. The van der Waals surface area contributed by atoms with Gasteiger partial charge in [-0.15, -0.1) is 0 Å². The largest absolute Gasteiger partial charge is 0.492 e. The van der Waals surface area contributed by atoms with Gasteiger partial charge in [0.15, 0.2) is 6.61 Å². The summed E-state index contributed by atoms with van der Waals surface area (Å²) in [7, 11) is -17.1. The third kappa shape index (κ3) is 13.7. The number of benzene rings is 4. The van der Waals surface area contributed by atoms with Crippen LogP contribution in [0.4, 0.5) is 11.5 Å². The number of azide groups is 2. The average Bonchev–Trinajstić information content (AvgIpc) is 1.37. The maximum atomic E-state index is 14.2. The lowest BCUT2D eigenvalue weighted by molar-refractivity contribution is -0.0582. The molecule has 484 valence electrons. The maximum absolute atomic E-state index is 14.2. The zero-order valence-corrected chi connectivity index (χ0v) is 51.9. The quantitative estimate of drug-likeness (QED) is 0.00575. The number of phosphoric ester groups is 1. The van der Waals surface area contributed by atoms with Gasteiger partial charge in [-0.1, -0.05) is 22.1 Å². The number of anilines is 2. The van der Waals surface area contributed by atoms with Crippen LogP contribution in [0.15, 0.2) is 71.3 Å². The molecule has 8 heterocycles. The van der Waals surface area contributed by atoms with Gasteiger partial charge >= 0.3 is 35.4 Å². The van der Waals surface area contributed by atoms with E-state index in [0.29, 0.717) is 5.56 Å². The molecule has 0 bridgehead atoms. The Hall–Kier alpha value is -8.71. The van der Waals surface area contributed by atoms with Gasteiger partial charge in [-0.2, -0.15) is 8.62 Å². The number of rotatable bonds is 22. The molecule has 6 aromatic rings. The summed E-state index contributed by atoms with van der Waals surface area (Å²) in [5, 5.41) is 23.0. The number of ether oxygens (including phenoxy) is 5. The van der Waals surface area contributed by atoms with Gasteiger partial charge in [0.05, 0.1) is 53.4 Å². The number of nitrogen functional groups attached to an aromatic ring is 1. The third-order valence-corrected chi connectivity index (χ3v) is 20.4. The minimum Gasteiger partial charge on any atom is -0.492 e. The Morgan fingerprint density at radius 1 is 0.871 bits per heavy atom. The first kappa shape index (κ1) is 64.4. The van der Waals surface area contributed by atoms with Crippen LogP contribution in [0.5, 0.6) is 17.2 Å². The summed E-state index contributed by atoms with van der Waals surface area (Å²) in [5.74, 6) is 4.93. The monoisotopic (exact) mass is 1330 g/mol. The van der Waals surface area contributed by atoms with Gasteiger partial charge in [-0.3, -0.25) is 9.32 Å². The molecule has 1 fully saturated rings. The zero-order valence-electron chi connectivity index (χ0n) is 49.2. The molecule has 3 unspecified atom stereocenters. The van der Waals surface area contributed by atoms with Crippen molar-refractivity contribution in [2.75, 3.05) is 69.9 Å². The van der Waals surface area contributed by atoms with Crippen LogP contribution in [-0.4, -0.2) is 129 Å². The number of hydrogen-bond acceptors (Lipinski definition) is 20. The van der Waals surface area contributed by atoms with E-state index in [1.165, 1.54) is 63.3 Å². The van der Waals surface area contributed by atoms with E-state index in [-0.39, 0.29) is 76.5 Å². The summed E-state index contributed by atoms with van der Waals surface area (Å²) in [6.07, 6.45) is 6.46. The normalized spacial score (nSPS) is 18.9. The van der Waals surface area contributed by atoms with E-state index < -0.39 is 79.7 Å². The van der Waals surface area contributed by atoms with E-state index in [9.17, 15) is 48.5 Å². The highest BCUT2D eigenvalue weighted by Gasteiger charge is 2.44. The van der Waals surface area contributed by atoms with Crippen molar-refractivity contribution < 1.29 is 89.6 Å². The van der Waals surface area contributed by atoms with Gasteiger partial charge in [-0.25, -0.2) is 37.8 Å². The van der Waals surface area contributed by atoms with Crippen molar-refractivity contribution in [2.24, 2.45) is 10.2 Å². The molecule has 6 aliphatic heterocycles. The van der Waals surface area contributed by atoms with Crippen LogP contribution in [0.3, 0.4) is 0 Å². The van der Waals surface area contributed by atoms with Crippen LogP contribution in [-0.2, 0) is 73.3 Å². The Bertz CT molecular complexity index is 4550. The Balaban J connectivity index is 0.727. The molecule has 8 N–H and O–H groups in total. The van der Waals surface area contributed by atoms with Gasteiger partial charge < -0.3 is 68.9 Å². The van der Waals surface area contributed by atoms with E-state index in [4.69, 9.17) is 49.3 Å². The summed E-state index contributed by atoms with van der Waals surface area (Å²) in [4.78, 5) is 94.7. The van der Waals surface area contributed by atoms with Crippen molar-refractivity contribution in [1.29, 1.82) is 0 Å². The lowest BCUT2D eigenvalue weighted by atomic mass is 9.81. The first-order chi connectivity index (χ1) is 44.7. The number of nitrogens with two attached hydrogens (primary N) is 1. The second-order valence-electron chi connectivity index (χ2n) is 22.3. The van der Waals surface area contributed by atoms with Gasteiger partial charge in [0.1, 0.15) is 73.8 Å². The number of amides is 1. The van der Waals surface area contributed by atoms with Crippen LogP contribution in [0.25, 0.3) is 37.5 Å². The van der Waals surface area contributed by atoms with Crippen LogP contribution < -0.4 is 40.6 Å². The molecule has 32 nitrogen and oxygen atoms in total. The average molecular weight is 1340 g/mol. The van der Waals surface area contributed by atoms with E-state index in [1.54, 1.807) is 6.07 Å². The summed E-state index contributed by atoms with van der Waals surface area (Å²) in [5.41, 5.74) is 33.2. The highest BCUT2D eigenvalue weighted by atomic mass is 31.3. The SMILES string of the molecule is [N-]=[N+]=NCOC1C[C@H](n2cc(C#CCOC(=O)c3ccc(OCCNC(=O)c4ccc(C(=O)O)c(C5=c6cc7c8c(c6Oc6c5cc5c9c6CCCN9CCC5)CCC[N+]=8CCC7)c4)cc3CN=[N+]=[N-])c3c(N)ncnc32)O[C@@H]1COP(=O)(O)OP(=O)(O)OP(=O)(O)O. The predicted octanol–water partition coefficient (Wildman–Crippen LogP) is 6.26. The fourth-order valence-electron chi connectivity index (χ4n) is 13.0. The minimum atomic E-state index is -5.84. The molecule has 4 aromatic carbocycles. The number of fused-ring (bicyclic) bond motifs is 5. The molecule has 35 heteroatoms. The molecule has 12 rings (SSSR count). The molecule has 93 heavy (non-hydrogen) atoms. The molecule has 0 saturated carbocycles. The number of aryl methyl sites for hydroxylation is 2. The molecular formula is C58H59N13O19P3+. The topological polar surface area (TPSA) is 450 Å². The second kappa shape index (κ2) is 26.7. The smallest absolute Gasteiger partial charge is 0.490 e. The van der Waals surface area contributed by atoms with Gasteiger partial charge in [0.2, 0.25) is 5.36 Å². The first-order valence-electron chi connectivity index (χ1n) is 29.4. The van der Waals surface area contributed by atoms with Crippen molar-refractivity contribution in [3.63, 3.8) is 0 Å². The van der Waals surface area contributed by atoms with E-state index in [0.717, 1.165) is 123 Å². The number of carboxylic acid groups (broad SMARTS) is 1. The standard InChI is InChI=1S/C58H58N13O19P3/c59-54-48-35(28-71(55(48)64-30-63-54)47-26-45(85-31-66-68-61)46(87-47)29-86-92(79,80)90-93(81,82)89-91(76,77)78)8-5-20-84-58(75)38-14-12-37(22-36(38)27-65-67-60)83-21-15-62-56(72)34-11-13-39(57(73)74)42(25-34)49-43-23-32-6-1-16-69-18-3-9-40(50(32)69)52(43)88-53-41-10-4-19-70-17-2-7-33(51(41)70)24-44(49)53/h11-14,22-25,28,30,45-47H,1-4,6-7,9-10,15-21,26-27,29,31H2,(H7-,59,62,63,64,72,73,74,76,77,78,79,80,81,82)/p+1/t45?,46-,47-/m1/s1. The number of carboxylic acids is 1. The van der Waals surface area contributed by atoms with Crippen LogP contribution >= 0.6 is 23.5 Å². The Labute approximate surface area is 527 Å². The van der Waals surface area contributed by atoms with E-state index >= 15 is 0 Å².